The average molecular weight is 528 g/mol. The van der Waals surface area contributed by atoms with Crippen LogP contribution in [0.25, 0.3) is 11.3 Å². The largest absolute Gasteiger partial charge is 0.356 e. The van der Waals surface area contributed by atoms with E-state index in [0.29, 0.717) is 12.6 Å². The number of benzene rings is 1. The zero-order chi connectivity index (χ0) is 20.6. The monoisotopic (exact) mass is 528 g/mol. The Morgan fingerprint density at radius 2 is 1.77 bits per heavy atom. The highest BCUT2D eigenvalue weighted by Crippen LogP contribution is 2.18. The summed E-state index contributed by atoms with van der Waals surface area (Å²) in [6.07, 6.45) is 5.80. The van der Waals surface area contributed by atoms with Gasteiger partial charge in [-0.15, -0.1) is 24.0 Å². The van der Waals surface area contributed by atoms with Crippen LogP contribution in [0, 0.1) is 0 Å². The van der Waals surface area contributed by atoms with Gasteiger partial charge in [0.1, 0.15) is 5.82 Å². The van der Waals surface area contributed by atoms with Crippen LogP contribution in [0.3, 0.4) is 0 Å². The maximum Gasteiger partial charge on any atom is 0.191 e. The molecule has 0 aliphatic carbocycles. The van der Waals surface area contributed by atoms with Gasteiger partial charge in [-0.25, -0.2) is 4.98 Å². The lowest BCUT2D eigenvalue weighted by Gasteiger charge is -2.33. The fourth-order valence-corrected chi connectivity index (χ4v) is 3.74. The average Bonchev–Trinajstić information content (AvgIpc) is 2.83. The number of anilines is 1. The zero-order valence-electron chi connectivity index (χ0n) is 17.7. The molecule has 1 aromatic carbocycles. The summed E-state index contributed by atoms with van der Waals surface area (Å²) in [6, 6.07) is 20.9. The molecule has 0 atom stereocenters. The van der Waals surface area contributed by atoms with E-state index >= 15 is 0 Å². The first-order valence-electron chi connectivity index (χ1n) is 10.5. The highest BCUT2D eigenvalue weighted by atomic mass is 127. The van der Waals surface area contributed by atoms with Crippen LogP contribution in [0.15, 0.2) is 78.0 Å². The maximum atomic E-state index is 4.46. The number of rotatable bonds is 5. The number of aliphatic imine (C=N–C) groups is 1. The minimum atomic E-state index is 0. The summed E-state index contributed by atoms with van der Waals surface area (Å²) in [5.74, 6) is 1.90. The second-order valence-corrected chi connectivity index (χ2v) is 7.43. The van der Waals surface area contributed by atoms with Gasteiger partial charge >= 0.3 is 0 Å². The predicted molar refractivity (Wildman–Crippen MR) is 138 cm³/mol. The summed E-state index contributed by atoms with van der Waals surface area (Å²) in [4.78, 5) is 15.7. The van der Waals surface area contributed by atoms with Gasteiger partial charge in [0.2, 0.25) is 0 Å². The number of halogens is 1. The summed E-state index contributed by atoms with van der Waals surface area (Å²) in [5, 5.41) is 7.02. The third kappa shape index (κ3) is 6.40. The van der Waals surface area contributed by atoms with E-state index in [-0.39, 0.29) is 24.0 Å². The van der Waals surface area contributed by atoms with Crippen molar-refractivity contribution >= 4 is 35.8 Å². The van der Waals surface area contributed by atoms with Crippen molar-refractivity contribution in [2.24, 2.45) is 4.99 Å². The van der Waals surface area contributed by atoms with E-state index in [1.807, 2.05) is 49.8 Å². The quantitative estimate of drug-likeness (QED) is 0.297. The van der Waals surface area contributed by atoms with Gasteiger partial charge in [0.15, 0.2) is 5.96 Å². The minimum Gasteiger partial charge on any atom is -0.356 e. The lowest BCUT2D eigenvalue weighted by atomic mass is 10.1. The van der Waals surface area contributed by atoms with Crippen molar-refractivity contribution < 1.29 is 0 Å². The number of aromatic nitrogens is 2. The van der Waals surface area contributed by atoms with E-state index in [0.717, 1.165) is 49.0 Å². The molecule has 1 aliphatic rings. The highest BCUT2D eigenvalue weighted by molar-refractivity contribution is 14.0. The summed E-state index contributed by atoms with van der Waals surface area (Å²) in [5.41, 5.74) is 3.31. The molecule has 0 bridgehead atoms. The van der Waals surface area contributed by atoms with Crippen molar-refractivity contribution in [3.8, 4) is 11.3 Å². The van der Waals surface area contributed by atoms with Gasteiger partial charge in [0.25, 0.3) is 0 Å². The summed E-state index contributed by atoms with van der Waals surface area (Å²) in [7, 11) is 1.82. The van der Waals surface area contributed by atoms with E-state index in [1.54, 1.807) is 0 Å². The van der Waals surface area contributed by atoms with Crippen LogP contribution in [-0.4, -0.2) is 42.1 Å². The SMILES string of the molecule is CN=C(NCc1cccc(-c2ccccn2)c1)NC1CCN(c2ccccn2)CC1.I. The molecule has 2 aromatic heterocycles. The Morgan fingerprint density at radius 3 is 2.45 bits per heavy atom. The van der Waals surface area contributed by atoms with Crippen LogP contribution < -0.4 is 15.5 Å². The van der Waals surface area contributed by atoms with E-state index in [9.17, 15) is 0 Å². The number of guanidine groups is 1. The molecule has 0 amide bonds. The number of nitrogens with one attached hydrogen (secondary N) is 2. The Bertz CT molecular complexity index is 956. The molecule has 1 saturated heterocycles. The highest BCUT2D eigenvalue weighted by Gasteiger charge is 2.20. The van der Waals surface area contributed by atoms with Crippen LogP contribution in [0.1, 0.15) is 18.4 Å². The molecule has 0 unspecified atom stereocenters. The van der Waals surface area contributed by atoms with Gasteiger partial charge in [-0.05, 0) is 48.7 Å². The molecular formula is C24H29IN6. The second-order valence-electron chi connectivity index (χ2n) is 7.43. The Kier molecular flexibility index (Phi) is 8.63. The molecule has 0 radical (unpaired) electrons. The van der Waals surface area contributed by atoms with Crippen LogP contribution in [0.4, 0.5) is 5.82 Å². The molecular weight excluding hydrogens is 499 g/mol. The van der Waals surface area contributed by atoms with Crippen LogP contribution in [0.5, 0.6) is 0 Å². The molecule has 0 spiro atoms. The molecule has 3 aromatic rings. The number of hydrogen-bond donors (Lipinski definition) is 2. The Hall–Kier alpha value is -2.68. The predicted octanol–water partition coefficient (Wildman–Crippen LogP) is 4.10. The summed E-state index contributed by atoms with van der Waals surface area (Å²) >= 11 is 0. The molecule has 162 valence electrons. The van der Waals surface area contributed by atoms with Crippen LogP contribution >= 0.6 is 24.0 Å². The first-order valence-corrected chi connectivity index (χ1v) is 10.5. The fraction of sp³-hybridized carbons (Fsp3) is 0.292. The number of pyridine rings is 2. The lowest BCUT2D eigenvalue weighted by molar-refractivity contribution is 0.459. The van der Waals surface area contributed by atoms with Gasteiger partial charge in [-0.2, -0.15) is 0 Å². The molecule has 4 rings (SSSR count). The maximum absolute atomic E-state index is 4.46. The van der Waals surface area contributed by atoms with Crippen molar-refractivity contribution in [3.63, 3.8) is 0 Å². The zero-order valence-corrected chi connectivity index (χ0v) is 20.1. The Morgan fingerprint density at radius 1 is 1.00 bits per heavy atom. The van der Waals surface area contributed by atoms with Crippen LogP contribution in [0.2, 0.25) is 0 Å². The number of piperidine rings is 1. The van der Waals surface area contributed by atoms with Gasteiger partial charge in [0, 0.05) is 50.7 Å². The summed E-state index contributed by atoms with van der Waals surface area (Å²) in [6.45, 7) is 2.71. The third-order valence-corrected chi connectivity index (χ3v) is 5.38. The molecule has 2 N–H and O–H groups in total. The molecule has 1 fully saturated rings. The minimum absolute atomic E-state index is 0. The molecule has 31 heavy (non-hydrogen) atoms. The number of hydrogen-bond acceptors (Lipinski definition) is 4. The van der Waals surface area contributed by atoms with E-state index < -0.39 is 0 Å². The van der Waals surface area contributed by atoms with Gasteiger partial charge in [-0.3, -0.25) is 9.98 Å². The molecule has 0 saturated carbocycles. The van der Waals surface area contributed by atoms with Crippen molar-refractivity contribution in [2.45, 2.75) is 25.4 Å². The fourth-order valence-electron chi connectivity index (χ4n) is 3.74. The molecule has 1 aliphatic heterocycles. The van der Waals surface area contributed by atoms with Crippen molar-refractivity contribution in [1.82, 2.24) is 20.6 Å². The van der Waals surface area contributed by atoms with E-state index in [1.165, 1.54) is 5.56 Å². The van der Waals surface area contributed by atoms with Gasteiger partial charge < -0.3 is 15.5 Å². The van der Waals surface area contributed by atoms with Crippen molar-refractivity contribution in [3.05, 3.63) is 78.6 Å². The third-order valence-electron chi connectivity index (χ3n) is 5.38. The molecule has 7 heteroatoms. The Labute approximate surface area is 201 Å². The topological polar surface area (TPSA) is 65.4 Å². The van der Waals surface area contributed by atoms with E-state index in [2.05, 4.69) is 60.8 Å². The first kappa shape index (κ1) is 23.0. The second kappa shape index (κ2) is 11.6. The summed E-state index contributed by atoms with van der Waals surface area (Å²) < 4.78 is 0. The Balaban J connectivity index is 0.00000272. The van der Waals surface area contributed by atoms with Crippen molar-refractivity contribution in [1.29, 1.82) is 0 Å². The standard InChI is InChI=1S/C24H28N6.HI/c1-25-24(29-21-11-15-30(16-12-21)23-10-3-5-14-27-23)28-18-19-7-6-8-20(17-19)22-9-2-4-13-26-22;/h2-10,13-14,17,21H,11-12,15-16,18H2,1H3,(H2,25,28,29);1H. The van der Waals surface area contributed by atoms with Crippen LogP contribution in [-0.2, 0) is 6.54 Å². The van der Waals surface area contributed by atoms with Gasteiger partial charge in [0.05, 0.1) is 5.69 Å². The van der Waals surface area contributed by atoms with Gasteiger partial charge in [-0.1, -0.05) is 30.3 Å². The van der Waals surface area contributed by atoms with E-state index in [4.69, 9.17) is 0 Å². The van der Waals surface area contributed by atoms with Crippen molar-refractivity contribution in [2.75, 3.05) is 25.0 Å². The smallest absolute Gasteiger partial charge is 0.191 e. The first-order chi connectivity index (χ1) is 14.8. The normalized spacial score (nSPS) is 14.6. The molecule has 3 heterocycles. The number of nitrogens with zero attached hydrogens (tertiary/aromatic N) is 4. The molecule has 6 nitrogen and oxygen atoms in total. The lowest BCUT2D eigenvalue weighted by Crippen LogP contribution is -2.48.